The fraction of sp³-hybridized carbons (Fsp3) is 0.188. The van der Waals surface area contributed by atoms with Gasteiger partial charge in [-0.1, -0.05) is 11.6 Å². The van der Waals surface area contributed by atoms with Gasteiger partial charge in [0, 0.05) is 17.2 Å². The molecule has 0 aliphatic carbocycles. The molecule has 1 N–H and O–H groups in total. The molecule has 8 nitrogen and oxygen atoms in total. The van der Waals surface area contributed by atoms with Crippen molar-refractivity contribution in [2.24, 2.45) is 0 Å². The molecule has 0 aliphatic heterocycles. The van der Waals surface area contributed by atoms with Gasteiger partial charge in [-0.15, -0.1) is 0 Å². The summed E-state index contributed by atoms with van der Waals surface area (Å²) < 4.78 is 59.2. The summed E-state index contributed by atoms with van der Waals surface area (Å²) in [6.45, 7) is 1.32. The number of benzene rings is 2. The van der Waals surface area contributed by atoms with E-state index in [-0.39, 0.29) is 10.6 Å². The smallest absolute Gasteiger partial charge is 0.328 e. The Morgan fingerprint density at radius 3 is 2.50 bits per heavy atom. The van der Waals surface area contributed by atoms with Crippen LogP contribution in [-0.4, -0.2) is 26.4 Å². The van der Waals surface area contributed by atoms with Crippen LogP contribution in [0.2, 0.25) is 5.02 Å². The number of nitro groups is 1. The number of esters is 1. The lowest BCUT2D eigenvalue weighted by Crippen LogP contribution is -2.35. The number of methoxy groups -OCH3 is 1. The third-order valence-corrected chi connectivity index (χ3v) is 5.57. The number of nitrogens with one attached hydrogen (secondary N) is 1. The summed E-state index contributed by atoms with van der Waals surface area (Å²) in [4.78, 5) is 21.6. The van der Waals surface area contributed by atoms with Crippen LogP contribution < -0.4 is 4.72 Å². The maximum absolute atomic E-state index is 14.1. The summed E-state index contributed by atoms with van der Waals surface area (Å²) in [5.41, 5.74) is -1.16. The summed E-state index contributed by atoms with van der Waals surface area (Å²) >= 11 is 5.86. The Labute approximate surface area is 163 Å². The van der Waals surface area contributed by atoms with E-state index in [1.807, 2.05) is 4.72 Å². The topological polar surface area (TPSA) is 116 Å². The number of hydrogen-bond acceptors (Lipinski definition) is 6. The quantitative estimate of drug-likeness (QED) is 0.424. The van der Waals surface area contributed by atoms with Crippen molar-refractivity contribution < 1.29 is 31.7 Å². The molecule has 2 rings (SSSR count). The molecular weight excluding hydrogens is 422 g/mol. The molecule has 1 unspecified atom stereocenters. The molecular formula is C16H13ClF2N2O6S. The van der Waals surface area contributed by atoms with E-state index in [0.29, 0.717) is 12.1 Å². The van der Waals surface area contributed by atoms with Crippen molar-refractivity contribution in [3.8, 4) is 0 Å². The Balaban J connectivity index is 2.57. The Kier molecular flexibility index (Phi) is 6.32. The van der Waals surface area contributed by atoms with Crippen LogP contribution in [-0.2, 0) is 19.6 Å². The molecule has 150 valence electrons. The van der Waals surface area contributed by atoms with E-state index in [1.165, 1.54) is 6.92 Å². The fourth-order valence-corrected chi connectivity index (χ4v) is 3.79. The minimum Gasteiger partial charge on any atom is -0.468 e. The predicted octanol–water partition coefficient (Wildman–Crippen LogP) is 3.03. The van der Waals surface area contributed by atoms with Gasteiger partial charge in [0.05, 0.1) is 22.0 Å². The van der Waals surface area contributed by atoms with Crippen molar-refractivity contribution in [3.63, 3.8) is 0 Å². The highest BCUT2D eigenvalue weighted by Crippen LogP contribution is 2.30. The molecule has 0 spiro atoms. The summed E-state index contributed by atoms with van der Waals surface area (Å²) in [6.07, 6.45) is 0. The fourth-order valence-electron chi connectivity index (χ4n) is 2.30. The van der Waals surface area contributed by atoms with Crippen molar-refractivity contribution in [1.29, 1.82) is 0 Å². The first-order valence-electron chi connectivity index (χ1n) is 7.47. The van der Waals surface area contributed by atoms with Crippen LogP contribution in [0.15, 0.2) is 35.2 Å². The zero-order valence-electron chi connectivity index (χ0n) is 14.4. The molecule has 0 saturated carbocycles. The van der Waals surface area contributed by atoms with Gasteiger partial charge in [-0.05, 0) is 31.2 Å². The molecule has 28 heavy (non-hydrogen) atoms. The average molecular weight is 435 g/mol. The predicted molar refractivity (Wildman–Crippen MR) is 94.3 cm³/mol. The van der Waals surface area contributed by atoms with Crippen LogP contribution in [0.3, 0.4) is 0 Å². The van der Waals surface area contributed by atoms with Gasteiger partial charge in [-0.2, -0.15) is 4.72 Å². The van der Waals surface area contributed by atoms with Gasteiger partial charge in [0.25, 0.3) is 5.69 Å². The second kappa shape index (κ2) is 8.17. The Morgan fingerprint density at radius 2 is 1.93 bits per heavy atom. The highest BCUT2D eigenvalue weighted by Gasteiger charge is 2.32. The lowest BCUT2D eigenvalue weighted by molar-refractivity contribution is -0.385. The average Bonchev–Trinajstić information content (AvgIpc) is 2.63. The molecule has 0 saturated heterocycles. The largest absolute Gasteiger partial charge is 0.468 e. The summed E-state index contributed by atoms with van der Waals surface area (Å²) in [5.74, 6) is -3.20. The number of halogens is 3. The molecule has 0 fully saturated rings. The minimum atomic E-state index is -4.62. The normalized spacial score (nSPS) is 12.5. The van der Waals surface area contributed by atoms with E-state index in [2.05, 4.69) is 4.74 Å². The van der Waals surface area contributed by atoms with E-state index in [1.54, 1.807) is 0 Å². The highest BCUT2D eigenvalue weighted by atomic mass is 35.5. The molecule has 0 aromatic heterocycles. The molecule has 0 radical (unpaired) electrons. The Bertz CT molecular complexity index is 1060. The van der Waals surface area contributed by atoms with Crippen molar-refractivity contribution >= 4 is 33.3 Å². The first-order chi connectivity index (χ1) is 13.0. The van der Waals surface area contributed by atoms with E-state index in [9.17, 15) is 32.1 Å². The monoisotopic (exact) mass is 434 g/mol. The van der Waals surface area contributed by atoms with Gasteiger partial charge in [0.15, 0.2) is 0 Å². The molecule has 1 atom stereocenters. The number of carbonyl (C=O) groups is 1. The van der Waals surface area contributed by atoms with Gasteiger partial charge in [0.1, 0.15) is 17.7 Å². The number of ether oxygens (including phenoxy) is 1. The van der Waals surface area contributed by atoms with E-state index in [4.69, 9.17) is 11.6 Å². The molecule has 2 aromatic carbocycles. The molecule has 2 aromatic rings. The number of sulfonamides is 1. The van der Waals surface area contributed by atoms with Gasteiger partial charge in [-0.25, -0.2) is 22.0 Å². The van der Waals surface area contributed by atoms with E-state index < -0.39 is 54.7 Å². The van der Waals surface area contributed by atoms with Gasteiger partial charge < -0.3 is 4.74 Å². The van der Waals surface area contributed by atoms with Crippen LogP contribution in [0.4, 0.5) is 14.5 Å². The molecule has 0 heterocycles. The van der Waals surface area contributed by atoms with Gasteiger partial charge in [-0.3, -0.25) is 10.1 Å². The second-order valence-corrected chi connectivity index (χ2v) is 7.67. The van der Waals surface area contributed by atoms with Crippen LogP contribution in [0.1, 0.15) is 17.2 Å². The van der Waals surface area contributed by atoms with Crippen LogP contribution in [0, 0.1) is 28.7 Å². The standard InChI is InChI=1S/C16H13ClF2N2O6S/c1-8-12(17)6-10(7-14(8)21(23)24)28(25,26)20-15(16(22)27-2)11-5-9(18)3-4-13(11)19/h3-7,15,20H,1-2H3. The number of nitrogens with zero attached hydrogens (tertiary/aromatic N) is 1. The summed E-state index contributed by atoms with van der Waals surface area (Å²) in [7, 11) is -3.69. The van der Waals surface area contributed by atoms with Crippen LogP contribution >= 0.6 is 11.6 Å². The summed E-state index contributed by atoms with van der Waals surface area (Å²) in [5, 5.41) is 10.9. The Morgan fingerprint density at radius 1 is 1.29 bits per heavy atom. The third-order valence-electron chi connectivity index (χ3n) is 3.78. The first kappa shape index (κ1) is 21.7. The zero-order valence-corrected chi connectivity index (χ0v) is 16.0. The van der Waals surface area contributed by atoms with Crippen molar-refractivity contribution in [1.82, 2.24) is 4.72 Å². The Hall–Kier alpha value is -2.63. The van der Waals surface area contributed by atoms with Crippen LogP contribution in [0.5, 0.6) is 0 Å². The van der Waals surface area contributed by atoms with Crippen molar-refractivity contribution in [2.45, 2.75) is 17.9 Å². The highest BCUT2D eigenvalue weighted by molar-refractivity contribution is 7.89. The minimum absolute atomic E-state index is 0.0336. The van der Waals surface area contributed by atoms with Crippen molar-refractivity contribution in [2.75, 3.05) is 7.11 Å². The first-order valence-corrected chi connectivity index (χ1v) is 9.33. The SMILES string of the molecule is COC(=O)C(NS(=O)(=O)c1cc(Cl)c(C)c([N+](=O)[O-])c1)c1cc(F)ccc1F. The number of nitro benzene ring substituents is 1. The number of rotatable bonds is 6. The number of hydrogen-bond donors (Lipinski definition) is 1. The molecule has 12 heteroatoms. The third kappa shape index (κ3) is 4.43. The van der Waals surface area contributed by atoms with E-state index in [0.717, 1.165) is 25.3 Å². The van der Waals surface area contributed by atoms with E-state index >= 15 is 0 Å². The lowest BCUT2D eigenvalue weighted by Gasteiger charge is -2.18. The van der Waals surface area contributed by atoms with Gasteiger partial charge in [0.2, 0.25) is 10.0 Å². The summed E-state index contributed by atoms with van der Waals surface area (Å²) in [6, 6.07) is 1.85. The maximum Gasteiger partial charge on any atom is 0.328 e. The zero-order chi connectivity index (χ0) is 21.2. The van der Waals surface area contributed by atoms with Crippen molar-refractivity contribution in [3.05, 3.63) is 68.2 Å². The molecule has 0 bridgehead atoms. The second-order valence-electron chi connectivity index (χ2n) is 5.55. The van der Waals surface area contributed by atoms with Gasteiger partial charge >= 0.3 is 5.97 Å². The lowest BCUT2D eigenvalue weighted by atomic mass is 10.1. The molecule has 0 amide bonds. The molecule has 0 aliphatic rings. The van der Waals surface area contributed by atoms with Crippen LogP contribution in [0.25, 0.3) is 0 Å². The number of carbonyl (C=O) groups excluding carboxylic acids is 1. The maximum atomic E-state index is 14.1.